The number of aromatic hydroxyl groups is 1. The molecule has 2 unspecified atom stereocenters. The first kappa shape index (κ1) is 22.2. The summed E-state index contributed by atoms with van der Waals surface area (Å²) in [6.45, 7) is 1.79. The highest BCUT2D eigenvalue weighted by Crippen LogP contribution is 2.35. The van der Waals surface area contributed by atoms with Crippen LogP contribution >= 0.6 is 23.4 Å². The number of carbonyl (C=O) groups is 1. The lowest BCUT2D eigenvalue weighted by Gasteiger charge is -2.22. The number of phenolic OH excluding ortho intramolecular Hbond substituents is 1. The molecule has 172 valence electrons. The van der Waals surface area contributed by atoms with E-state index in [1.807, 2.05) is 18.2 Å². The number of phenols is 1. The first-order valence-electron chi connectivity index (χ1n) is 10.4. The van der Waals surface area contributed by atoms with Crippen molar-refractivity contribution in [2.45, 2.75) is 29.8 Å². The van der Waals surface area contributed by atoms with Gasteiger partial charge in [0.15, 0.2) is 0 Å². The summed E-state index contributed by atoms with van der Waals surface area (Å²) >= 11 is 7.25. The van der Waals surface area contributed by atoms with Gasteiger partial charge in [0, 0.05) is 11.4 Å². The smallest absolute Gasteiger partial charge is 0.256 e. The standard InChI is InChI=1S/C23H19ClN6O3S/c1-14(34-23-25-27-28-29(23)17-8-10-18(31)11-9-17)22(32)30-20(21-3-2-12-33-21)13-19(26-30)15-4-6-16(24)7-5-15/h2-12,14,20,31H,13H2,1H3. The number of thioether (sulfide) groups is 1. The fraction of sp³-hybridized carbons (Fsp3) is 0.174. The van der Waals surface area contributed by atoms with Crippen molar-refractivity contribution in [3.05, 3.63) is 83.3 Å². The summed E-state index contributed by atoms with van der Waals surface area (Å²) in [5, 5.41) is 28.1. The van der Waals surface area contributed by atoms with Crippen LogP contribution in [0.1, 0.15) is 30.7 Å². The van der Waals surface area contributed by atoms with Crippen molar-refractivity contribution in [3.8, 4) is 11.4 Å². The molecule has 1 aliphatic heterocycles. The maximum Gasteiger partial charge on any atom is 0.256 e. The number of halogens is 1. The molecule has 0 radical (unpaired) electrons. The summed E-state index contributed by atoms with van der Waals surface area (Å²) in [6, 6.07) is 17.1. The van der Waals surface area contributed by atoms with E-state index in [-0.39, 0.29) is 17.7 Å². The van der Waals surface area contributed by atoms with Crippen LogP contribution in [0.5, 0.6) is 5.75 Å². The second-order valence-electron chi connectivity index (χ2n) is 7.62. The second kappa shape index (κ2) is 9.32. The maximum atomic E-state index is 13.5. The number of aromatic nitrogens is 4. The van der Waals surface area contributed by atoms with Crippen LogP contribution in [-0.4, -0.2) is 47.2 Å². The molecule has 9 nitrogen and oxygen atoms in total. The lowest BCUT2D eigenvalue weighted by molar-refractivity contribution is -0.132. The molecule has 4 aromatic rings. The molecule has 0 saturated carbocycles. The molecule has 5 rings (SSSR count). The predicted molar refractivity (Wildman–Crippen MR) is 127 cm³/mol. The van der Waals surface area contributed by atoms with Crippen LogP contribution in [0.2, 0.25) is 5.02 Å². The first-order chi connectivity index (χ1) is 16.5. The summed E-state index contributed by atoms with van der Waals surface area (Å²) in [4.78, 5) is 13.5. The van der Waals surface area contributed by atoms with Gasteiger partial charge >= 0.3 is 0 Å². The maximum absolute atomic E-state index is 13.5. The molecule has 3 heterocycles. The summed E-state index contributed by atoms with van der Waals surface area (Å²) in [5.41, 5.74) is 2.34. The van der Waals surface area contributed by atoms with Crippen LogP contribution in [0, 0.1) is 0 Å². The lowest BCUT2D eigenvalue weighted by Crippen LogP contribution is -2.33. The van der Waals surface area contributed by atoms with Gasteiger partial charge in [-0.2, -0.15) is 9.78 Å². The van der Waals surface area contributed by atoms with Crippen molar-refractivity contribution in [1.82, 2.24) is 25.2 Å². The topological polar surface area (TPSA) is 110 Å². The number of tetrazole rings is 1. The molecule has 11 heteroatoms. The number of benzene rings is 2. The Morgan fingerprint density at radius 1 is 1.18 bits per heavy atom. The van der Waals surface area contributed by atoms with Gasteiger partial charge in [-0.25, -0.2) is 5.01 Å². The van der Waals surface area contributed by atoms with Gasteiger partial charge in [0.2, 0.25) is 5.16 Å². The molecular formula is C23H19ClN6O3S. The quantitative estimate of drug-likeness (QED) is 0.394. The largest absolute Gasteiger partial charge is 0.508 e. The summed E-state index contributed by atoms with van der Waals surface area (Å²) in [6.07, 6.45) is 2.10. The van der Waals surface area contributed by atoms with Gasteiger partial charge in [-0.1, -0.05) is 35.5 Å². The van der Waals surface area contributed by atoms with Crippen molar-refractivity contribution in [2.75, 3.05) is 0 Å². The molecule has 2 aromatic heterocycles. The highest BCUT2D eigenvalue weighted by atomic mass is 35.5. The van der Waals surface area contributed by atoms with Gasteiger partial charge in [0.1, 0.15) is 17.6 Å². The van der Waals surface area contributed by atoms with Crippen molar-refractivity contribution in [2.24, 2.45) is 5.10 Å². The Kier molecular flexibility index (Phi) is 6.08. The Labute approximate surface area is 204 Å². The van der Waals surface area contributed by atoms with Crippen molar-refractivity contribution >= 4 is 35.0 Å². The van der Waals surface area contributed by atoms with Crippen LogP contribution in [0.15, 0.2) is 81.6 Å². The Hall–Kier alpha value is -3.63. The number of carbonyl (C=O) groups excluding carboxylic acids is 1. The molecule has 1 N–H and O–H groups in total. The molecule has 1 aliphatic rings. The Morgan fingerprint density at radius 2 is 1.94 bits per heavy atom. The number of hydrazone groups is 1. The van der Waals surface area contributed by atoms with E-state index < -0.39 is 5.25 Å². The fourth-order valence-corrected chi connectivity index (χ4v) is 4.61. The van der Waals surface area contributed by atoms with Gasteiger partial charge in [0.05, 0.1) is 22.9 Å². The third-order valence-electron chi connectivity index (χ3n) is 5.35. The molecular weight excluding hydrogens is 476 g/mol. The molecule has 0 saturated heterocycles. The van der Waals surface area contributed by atoms with Crippen molar-refractivity contribution in [3.63, 3.8) is 0 Å². The minimum absolute atomic E-state index is 0.141. The van der Waals surface area contributed by atoms with Crippen LogP contribution < -0.4 is 0 Å². The fourth-order valence-electron chi connectivity index (χ4n) is 3.64. The van der Waals surface area contributed by atoms with E-state index in [1.54, 1.807) is 55.7 Å². The molecule has 0 fully saturated rings. The van der Waals surface area contributed by atoms with E-state index in [2.05, 4.69) is 20.6 Å². The number of amides is 1. The highest BCUT2D eigenvalue weighted by Gasteiger charge is 2.37. The number of rotatable bonds is 6. The summed E-state index contributed by atoms with van der Waals surface area (Å²) < 4.78 is 7.14. The van der Waals surface area contributed by atoms with Crippen LogP contribution in [0.4, 0.5) is 0 Å². The molecule has 0 spiro atoms. The van der Waals surface area contributed by atoms with E-state index in [0.29, 0.717) is 28.0 Å². The number of hydrogen-bond acceptors (Lipinski definition) is 8. The third-order valence-corrected chi connectivity index (χ3v) is 6.62. The third kappa shape index (κ3) is 4.42. The zero-order valence-electron chi connectivity index (χ0n) is 17.9. The van der Waals surface area contributed by atoms with E-state index in [9.17, 15) is 9.90 Å². The normalized spacial score (nSPS) is 16.5. The lowest BCUT2D eigenvalue weighted by atomic mass is 10.0. The Bertz CT molecular complexity index is 1320. The minimum atomic E-state index is -0.535. The molecule has 2 atom stereocenters. The number of furan rings is 1. The monoisotopic (exact) mass is 494 g/mol. The van der Waals surface area contributed by atoms with E-state index in [1.165, 1.54) is 21.5 Å². The number of nitrogens with zero attached hydrogens (tertiary/aromatic N) is 6. The Morgan fingerprint density at radius 3 is 2.65 bits per heavy atom. The average Bonchev–Trinajstić information content (AvgIpc) is 3.60. The van der Waals surface area contributed by atoms with Gasteiger partial charge in [-0.15, -0.1) is 5.10 Å². The van der Waals surface area contributed by atoms with Crippen LogP contribution in [-0.2, 0) is 4.79 Å². The summed E-state index contributed by atoms with van der Waals surface area (Å²) in [7, 11) is 0. The van der Waals surface area contributed by atoms with E-state index >= 15 is 0 Å². The van der Waals surface area contributed by atoms with E-state index in [4.69, 9.17) is 16.0 Å². The van der Waals surface area contributed by atoms with Gasteiger partial charge < -0.3 is 9.52 Å². The van der Waals surface area contributed by atoms with Crippen LogP contribution in [0.3, 0.4) is 0 Å². The predicted octanol–water partition coefficient (Wildman–Crippen LogP) is 4.47. The van der Waals surface area contributed by atoms with E-state index in [0.717, 1.165) is 11.3 Å². The molecule has 34 heavy (non-hydrogen) atoms. The SMILES string of the molecule is CC(Sc1nnnn1-c1ccc(O)cc1)C(=O)N1N=C(c2ccc(Cl)cc2)CC1c1ccco1. The Balaban J connectivity index is 1.40. The molecule has 1 amide bonds. The molecule has 2 aromatic carbocycles. The molecule has 0 bridgehead atoms. The average molecular weight is 495 g/mol. The summed E-state index contributed by atoms with van der Waals surface area (Å²) in [5.74, 6) is 0.602. The molecule has 0 aliphatic carbocycles. The zero-order chi connectivity index (χ0) is 23.7. The highest BCUT2D eigenvalue weighted by molar-refractivity contribution is 8.00. The van der Waals surface area contributed by atoms with Crippen molar-refractivity contribution < 1.29 is 14.3 Å². The van der Waals surface area contributed by atoms with Gasteiger partial charge in [0.25, 0.3) is 5.91 Å². The number of hydrogen-bond donors (Lipinski definition) is 1. The van der Waals surface area contributed by atoms with Gasteiger partial charge in [-0.05, 0) is 71.4 Å². The minimum Gasteiger partial charge on any atom is -0.508 e. The zero-order valence-corrected chi connectivity index (χ0v) is 19.5. The second-order valence-corrected chi connectivity index (χ2v) is 9.37. The van der Waals surface area contributed by atoms with Gasteiger partial charge in [-0.3, -0.25) is 4.79 Å². The first-order valence-corrected chi connectivity index (χ1v) is 11.7. The van der Waals surface area contributed by atoms with Crippen LogP contribution in [0.25, 0.3) is 5.69 Å². The van der Waals surface area contributed by atoms with Crippen molar-refractivity contribution in [1.29, 1.82) is 0 Å².